The van der Waals surface area contributed by atoms with Gasteiger partial charge in [0.2, 0.25) is 0 Å². The largest absolute Gasteiger partial charge is 0.383 e. The zero-order chi connectivity index (χ0) is 13.1. The summed E-state index contributed by atoms with van der Waals surface area (Å²) in [6.07, 6.45) is 0.871. The van der Waals surface area contributed by atoms with Gasteiger partial charge in [-0.15, -0.1) is 0 Å². The van der Waals surface area contributed by atoms with Gasteiger partial charge in [-0.1, -0.05) is 17.7 Å². The maximum Gasteiger partial charge on any atom is 0.129 e. The van der Waals surface area contributed by atoms with E-state index in [9.17, 15) is 4.39 Å². The number of benzene rings is 1. The lowest BCUT2D eigenvalue weighted by molar-refractivity contribution is 0.138. The Morgan fingerprint density at radius 3 is 3.00 bits per heavy atom. The average molecular weight is 273 g/mol. The first kappa shape index (κ1) is 13.7. The van der Waals surface area contributed by atoms with E-state index in [0.29, 0.717) is 17.2 Å². The molecule has 1 aromatic carbocycles. The fraction of sp³-hybridized carbons (Fsp3) is 0.538. The second kappa shape index (κ2) is 5.97. The van der Waals surface area contributed by atoms with E-state index in [0.717, 1.165) is 19.5 Å². The van der Waals surface area contributed by atoms with Gasteiger partial charge < -0.3 is 10.5 Å². The molecule has 0 saturated carbocycles. The Kier molecular flexibility index (Phi) is 4.56. The van der Waals surface area contributed by atoms with Crippen molar-refractivity contribution < 1.29 is 9.13 Å². The fourth-order valence-electron chi connectivity index (χ4n) is 2.51. The topological polar surface area (TPSA) is 38.5 Å². The van der Waals surface area contributed by atoms with Gasteiger partial charge >= 0.3 is 0 Å². The normalized spacial score (nSPS) is 24.7. The van der Waals surface area contributed by atoms with Crippen LogP contribution in [0, 0.1) is 5.82 Å². The summed E-state index contributed by atoms with van der Waals surface area (Å²) < 4.78 is 19.0. The van der Waals surface area contributed by atoms with Crippen LogP contribution < -0.4 is 5.73 Å². The van der Waals surface area contributed by atoms with E-state index in [4.69, 9.17) is 22.1 Å². The van der Waals surface area contributed by atoms with Crippen molar-refractivity contribution in [3.8, 4) is 0 Å². The lowest BCUT2D eigenvalue weighted by Crippen LogP contribution is -2.34. The number of nitrogens with two attached hydrogens (primary N) is 1. The third-order valence-corrected chi connectivity index (χ3v) is 3.65. The minimum atomic E-state index is -0.285. The molecule has 0 bridgehead atoms. The molecule has 18 heavy (non-hydrogen) atoms. The molecule has 0 radical (unpaired) electrons. The van der Waals surface area contributed by atoms with Gasteiger partial charge in [-0.2, -0.15) is 0 Å². The van der Waals surface area contributed by atoms with E-state index in [1.54, 1.807) is 19.2 Å². The molecule has 100 valence electrons. The minimum Gasteiger partial charge on any atom is -0.383 e. The molecule has 0 amide bonds. The fourth-order valence-corrected chi connectivity index (χ4v) is 2.67. The van der Waals surface area contributed by atoms with Crippen LogP contribution >= 0.6 is 11.6 Å². The van der Waals surface area contributed by atoms with E-state index in [2.05, 4.69) is 4.90 Å². The molecule has 0 aromatic heterocycles. The van der Waals surface area contributed by atoms with Crippen molar-refractivity contribution in [2.75, 3.05) is 26.8 Å². The van der Waals surface area contributed by atoms with Gasteiger partial charge in [0, 0.05) is 36.8 Å². The van der Waals surface area contributed by atoms with Crippen molar-refractivity contribution >= 4 is 11.6 Å². The van der Waals surface area contributed by atoms with Crippen molar-refractivity contribution in [2.24, 2.45) is 5.73 Å². The number of likely N-dealkylation sites (tertiary alicyclic amines) is 1. The predicted octanol–water partition coefficient (Wildman–Crippen LogP) is 2.20. The first-order valence-electron chi connectivity index (χ1n) is 6.07. The first-order chi connectivity index (χ1) is 8.63. The van der Waals surface area contributed by atoms with Gasteiger partial charge in [0.25, 0.3) is 0 Å². The summed E-state index contributed by atoms with van der Waals surface area (Å²) in [4.78, 5) is 2.17. The molecule has 5 heteroatoms. The third kappa shape index (κ3) is 2.83. The number of hydrogen-bond acceptors (Lipinski definition) is 3. The SMILES string of the molecule is COCCN1CCC(N)C1c1ccc(Cl)cc1F. The third-order valence-electron chi connectivity index (χ3n) is 3.41. The van der Waals surface area contributed by atoms with E-state index >= 15 is 0 Å². The molecule has 1 aliphatic heterocycles. The molecule has 2 unspecified atom stereocenters. The van der Waals surface area contributed by atoms with Crippen LogP contribution in [-0.4, -0.2) is 37.7 Å². The summed E-state index contributed by atoms with van der Waals surface area (Å²) in [6.45, 7) is 2.26. The van der Waals surface area contributed by atoms with Crippen LogP contribution in [0.1, 0.15) is 18.0 Å². The number of nitrogens with zero attached hydrogens (tertiary/aromatic N) is 1. The Hall–Kier alpha value is -0.680. The Bertz CT molecular complexity index is 416. The maximum absolute atomic E-state index is 14.0. The Labute approximate surface area is 112 Å². The summed E-state index contributed by atoms with van der Waals surface area (Å²) in [5.74, 6) is -0.285. The number of rotatable bonds is 4. The second-order valence-corrected chi connectivity index (χ2v) is 5.03. The molecule has 1 saturated heterocycles. The van der Waals surface area contributed by atoms with Gasteiger partial charge in [-0.25, -0.2) is 4.39 Å². The van der Waals surface area contributed by atoms with Crippen LogP contribution in [0.3, 0.4) is 0 Å². The number of ether oxygens (including phenoxy) is 1. The van der Waals surface area contributed by atoms with Crippen LogP contribution in [0.5, 0.6) is 0 Å². The highest BCUT2D eigenvalue weighted by atomic mass is 35.5. The minimum absolute atomic E-state index is 0.0440. The van der Waals surface area contributed by atoms with E-state index < -0.39 is 0 Å². The smallest absolute Gasteiger partial charge is 0.129 e. The van der Waals surface area contributed by atoms with E-state index in [1.165, 1.54) is 6.07 Å². The molecule has 3 nitrogen and oxygen atoms in total. The summed E-state index contributed by atoms with van der Waals surface area (Å²) in [5.41, 5.74) is 6.72. The molecule has 0 aliphatic carbocycles. The van der Waals surface area contributed by atoms with Gasteiger partial charge in [0.15, 0.2) is 0 Å². The van der Waals surface area contributed by atoms with Crippen molar-refractivity contribution in [3.63, 3.8) is 0 Å². The number of methoxy groups -OCH3 is 1. The Morgan fingerprint density at radius 2 is 2.33 bits per heavy atom. The highest BCUT2D eigenvalue weighted by Crippen LogP contribution is 2.33. The molecule has 2 rings (SSSR count). The zero-order valence-electron chi connectivity index (χ0n) is 10.4. The Morgan fingerprint density at radius 1 is 1.56 bits per heavy atom. The van der Waals surface area contributed by atoms with Crippen molar-refractivity contribution in [2.45, 2.75) is 18.5 Å². The molecule has 1 fully saturated rings. The van der Waals surface area contributed by atoms with Crippen LogP contribution in [0.2, 0.25) is 5.02 Å². The van der Waals surface area contributed by atoms with Crippen molar-refractivity contribution in [1.82, 2.24) is 4.90 Å². The van der Waals surface area contributed by atoms with Crippen molar-refractivity contribution in [1.29, 1.82) is 0 Å². The first-order valence-corrected chi connectivity index (χ1v) is 6.45. The monoisotopic (exact) mass is 272 g/mol. The average Bonchev–Trinajstić information content (AvgIpc) is 2.68. The molecule has 2 N–H and O–H groups in total. The van der Waals surface area contributed by atoms with Crippen LogP contribution in [-0.2, 0) is 4.74 Å². The molecule has 0 spiro atoms. The summed E-state index contributed by atoms with van der Waals surface area (Å²) in [6, 6.07) is 4.65. The van der Waals surface area contributed by atoms with Crippen molar-refractivity contribution in [3.05, 3.63) is 34.6 Å². The standard InChI is InChI=1S/C13H18ClFN2O/c1-18-7-6-17-5-4-12(16)13(17)10-3-2-9(14)8-11(10)15/h2-3,8,12-13H,4-7,16H2,1H3. The van der Waals surface area contributed by atoms with Gasteiger partial charge in [0.1, 0.15) is 5.82 Å². The Balaban J connectivity index is 2.22. The highest BCUT2D eigenvalue weighted by molar-refractivity contribution is 6.30. The van der Waals surface area contributed by atoms with E-state index in [-0.39, 0.29) is 17.9 Å². The van der Waals surface area contributed by atoms with E-state index in [1.807, 2.05) is 0 Å². The number of halogens is 2. The molecule has 1 aromatic rings. The van der Waals surface area contributed by atoms with Crippen LogP contribution in [0.15, 0.2) is 18.2 Å². The molecular formula is C13H18ClFN2O. The van der Waals surface area contributed by atoms with Crippen LogP contribution in [0.4, 0.5) is 4.39 Å². The zero-order valence-corrected chi connectivity index (χ0v) is 11.2. The van der Waals surface area contributed by atoms with Gasteiger partial charge in [-0.05, 0) is 18.6 Å². The molecule has 1 heterocycles. The quantitative estimate of drug-likeness (QED) is 0.913. The van der Waals surface area contributed by atoms with Crippen LogP contribution in [0.25, 0.3) is 0 Å². The lowest BCUT2D eigenvalue weighted by atomic mass is 10.0. The molecular weight excluding hydrogens is 255 g/mol. The summed E-state index contributed by atoms with van der Waals surface area (Å²) >= 11 is 5.78. The predicted molar refractivity (Wildman–Crippen MR) is 70.2 cm³/mol. The highest BCUT2D eigenvalue weighted by Gasteiger charge is 2.34. The molecule has 2 atom stereocenters. The summed E-state index contributed by atoms with van der Waals surface area (Å²) in [7, 11) is 1.66. The maximum atomic E-state index is 14.0. The second-order valence-electron chi connectivity index (χ2n) is 4.59. The summed E-state index contributed by atoms with van der Waals surface area (Å²) in [5, 5.41) is 0.409. The number of hydrogen-bond donors (Lipinski definition) is 1. The van der Waals surface area contributed by atoms with Gasteiger partial charge in [-0.3, -0.25) is 4.90 Å². The molecule has 1 aliphatic rings. The lowest BCUT2D eigenvalue weighted by Gasteiger charge is -2.27. The van der Waals surface area contributed by atoms with Gasteiger partial charge in [0.05, 0.1) is 12.6 Å².